The number of H-pyrrole nitrogens is 1. The molecule has 0 aliphatic carbocycles. The van der Waals surface area contributed by atoms with Gasteiger partial charge in [0.05, 0.1) is 6.33 Å². The summed E-state index contributed by atoms with van der Waals surface area (Å²) in [7, 11) is 0. The van der Waals surface area contributed by atoms with Crippen molar-refractivity contribution in [1.82, 2.24) is 31.2 Å². The second-order valence-electron chi connectivity index (χ2n) is 12.6. The van der Waals surface area contributed by atoms with E-state index in [1.807, 2.05) is 32.0 Å². The summed E-state index contributed by atoms with van der Waals surface area (Å²) in [6.07, 6.45) is 6.39. The summed E-state index contributed by atoms with van der Waals surface area (Å²) in [6.45, 7) is 3.92. The summed E-state index contributed by atoms with van der Waals surface area (Å²) < 4.78 is 13.7. The van der Waals surface area contributed by atoms with Gasteiger partial charge >= 0.3 is 0 Å². The molecule has 4 atom stereocenters. The number of guanidine groups is 1. The molecule has 3 rings (SSSR count). The van der Waals surface area contributed by atoms with Gasteiger partial charge in [0.2, 0.25) is 29.5 Å². The first-order valence-corrected chi connectivity index (χ1v) is 16.8. The summed E-state index contributed by atoms with van der Waals surface area (Å²) >= 11 is 0. The highest BCUT2D eigenvalue weighted by atomic mass is 19.1. The Bertz CT molecular complexity index is 1680. The van der Waals surface area contributed by atoms with E-state index >= 15 is 0 Å². The maximum atomic E-state index is 13.9. The first kappa shape index (κ1) is 40.4. The number of nitrogens with one attached hydrogen (secondary N) is 5. The molecule has 1 aromatic heterocycles. The second kappa shape index (κ2) is 20.6. The van der Waals surface area contributed by atoms with Gasteiger partial charge in [-0.05, 0) is 54.5 Å². The van der Waals surface area contributed by atoms with Crippen LogP contribution >= 0.6 is 0 Å². The van der Waals surface area contributed by atoms with Crippen LogP contribution in [0.5, 0.6) is 0 Å². The summed E-state index contributed by atoms with van der Waals surface area (Å²) in [5.41, 5.74) is 18.1. The predicted molar refractivity (Wildman–Crippen MR) is 194 cm³/mol. The Labute approximate surface area is 301 Å². The number of nitrogens with zero attached hydrogens (tertiary/aromatic N) is 2. The smallest absolute Gasteiger partial charge is 0.244 e. The van der Waals surface area contributed by atoms with Crippen LogP contribution in [0.15, 0.2) is 78.2 Å². The maximum absolute atomic E-state index is 13.9. The van der Waals surface area contributed by atoms with E-state index in [1.165, 1.54) is 42.9 Å². The molecule has 5 amide bonds. The number of rotatable bonds is 20. The van der Waals surface area contributed by atoms with Crippen LogP contribution in [0.25, 0.3) is 6.08 Å². The Hall–Kier alpha value is -6.06. The molecule has 0 fully saturated rings. The van der Waals surface area contributed by atoms with Crippen molar-refractivity contribution in [3.05, 3.63) is 95.8 Å². The Morgan fingerprint density at radius 3 is 2.04 bits per heavy atom. The van der Waals surface area contributed by atoms with Crippen LogP contribution < -0.4 is 38.5 Å². The fourth-order valence-electron chi connectivity index (χ4n) is 5.16. The summed E-state index contributed by atoms with van der Waals surface area (Å²) in [5.74, 6) is -4.05. The number of hydrogen-bond donors (Lipinski definition) is 8. The van der Waals surface area contributed by atoms with Crippen LogP contribution in [-0.4, -0.2) is 76.2 Å². The maximum Gasteiger partial charge on any atom is 0.244 e. The van der Waals surface area contributed by atoms with Crippen molar-refractivity contribution in [2.24, 2.45) is 28.1 Å². The van der Waals surface area contributed by atoms with E-state index in [4.69, 9.17) is 17.2 Å². The number of aromatic amines is 1. The van der Waals surface area contributed by atoms with E-state index in [-0.39, 0.29) is 44.1 Å². The van der Waals surface area contributed by atoms with Crippen molar-refractivity contribution < 1.29 is 28.4 Å². The Morgan fingerprint density at radius 2 is 1.44 bits per heavy atom. The van der Waals surface area contributed by atoms with Crippen LogP contribution in [0.4, 0.5) is 4.39 Å². The molecule has 0 radical (unpaired) electrons. The predicted octanol–water partition coefficient (Wildman–Crippen LogP) is 0.572. The fraction of sp³-hybridized carbons (Fsp3) is 0.361. The van der Waals surface area contributed by atoms with E-state index in [1.54, 1.807) is 18.2 Å². The molecule has 3 aromatic rings. The van der Waals surface area contributed by atoms with Gasteiger partial charge in [-0.25, -0.2) is 9.37 Å². The van der Waals surface area contributed by atoms with E-state index in [2.05, 4.69) is 36.2 Å². The van der Waals surface area contributed by atoms with Crippen molar-refractivity contribution in [3.8, 4) is 0 Å². The molecule has 2 aromatic carbocycles. The standard InChI is InChI=1S/C36H47FN10O5/c1-22(2)17-28(33(50)45-27(32(38)49)9-6-16-42-36(39)40)46-35(52)30(19-26-20-41-21-43-26)47-34(51)29(18-24-10-13-25(37)14-11-24)44-31(48)15-12-23-7-4-3-5-8-23/h3-5,7-8,10-15,20-22,27-30H,6,9,16-19H2,1-2H3,(H2,38,49)(H,41,43)(H,44,48)(H,45,50)(H,46,52)(H,47,51)(H4,39,40,42)/b15-12+/t27-,28-,29-,30-/m0/s1. The molecule has 278 valence electrons. The Morgan fingerprint density at radius 1 is 0.827 bits per heavy atom. The summed E-state index contributed by atoms with van der Waals surface area (Å²) in [5, 5.41) is 10.7. The topological polar surface area (TPSA) is 253 Å². The van der Waals surface area contributed by atoms with Gasteiger partial charge in [0.1, 0.15) is 30.0 Å². The third-order valence-electron chi connectivity index (χ3n) is 7.77. The minimum absolute atomic E-state index is 0.0223. The van der Waals surface area contributed by atoms with E-state index in [9.17, 15) is 28.4 Å². The van der Waals surface area contributed by atoms with Gasteiger partial charge in [0.25, 0.3) is 0 Å². The number of imidazole rings is 1. The first-order valence-electron chi connectivity index (χ1n) is 16.8. The first-order chi connectivity index (χ1) is 24.8. The molecule has 0 aliphatic heterocycles. The lowest BCUT2D eigenvalue weighted by atomic mass is 10.0. The van der Waals surface area contributed by atoms with Gasteiger partial charge in [-0.15, -0.1) is 0 Å². The van der Waals surface area contributed by atoms with Crippen molar-refractivity contribution >= 4 is 41.6 Å². The molecule has 0 bridgehead atoms. The minimum atomic E-state index is -1.24. The largest absolute Gasteiger partial charge is 0.370 e. The number of halogens is 1. The number of primary amides is 1. The Kier molecular flexibility index (Phi) is 16.0. The normalized spacial score (nSPS) is 13.4. The number of nitrogens with two attached hydrogens (primary N) is 3. The van der Waals surface area contributed by atoms with Crippen LogP contribution in [-0.2, 0) is 36.8 Å². The van der Waals surface area contributed by atoms with Gasteiger partial charge < -0.3 is 43.5 Å². The van der Waals surface area contributed by atoms with Gasteiger partial charge in [0.15, 0.2) is 5.96 Å². The highest BCUT2D eigenvalue weighted by molar-refractivity contribution is 5.98. The van der Waals surface area contributed by atoms with Gasteiger partial charge in [0, 0.05) is 37.4 Å². The molecule has 0 saturated carbocycles. The van der Waals surface area contributed by atoms with Crippen molar-refractivity contribution in [1.29, 1.82) is 0 Å². The zero-order valence-corrected chi connectivity index (χ0v) is 29.2. The average Bonchev–Trinajstić information content (AvgIpc) is 3.62. The van der Waals surface area contributed by atoms with Crippen LogP contribution in [0.1, 0.15) is 49.9 Å². The van der Waals surface area contributed by atoms with Gasteiger partial charge in [-0.1, -0.05) is 56.3 Å². The summed E-state index contributed by atoms with van der Waals surface area (Å²) in [6, 6.07) is 9.96. The summed E-state index contributed by atoms with van der Waals surface area (Å²) in [4.78, 5) is 77.1. The van der Waals surface area contributed by atoms with Crippen LogP contribution in [0, 0.1) is 11.7 Å². The number of amides is 5. The number of aromatic nitrogens is 2. The van der Waals surface area contributed by atoms with Crippen molar-refractivity contribution in [2.45, 2.75) is 70.1 Å². The molecule has 52 heavy (non-hydrogen) atoms. The second-order valence-corrected chi connectivity index (χ2v) is 12.6. The van der Waals surface area contributed by atoms with E-state index in [0.29, 0.717) is 17.7 Å². The zero-order chi connectivity index (χ0) is 38.0. The third-order valence-corrected chi connectivity index (χ3v) is 7.77. The lowest BCUT2D eigenvalue weighted by Gasteiger charge is -2.27. The molecular weight excluding hydrogens is 671 g/mol. The molecule has 0 unspecified atom stereocenters. The minimum Gasteiger partial charge on any atom is -0.370 e. The lowest BCUT2D eigenvalue weighted by molar-refractivity contribution is -0.134. The Balaban J connectivity index is 1.82. The van der Waals surface area contributed by atoms with Gasteiger partial charge in [-0.3, -0.25) is 29.0 Å². The van der Waals surface area contributed by atoms with Crippen LogP contribution in [0.2, 0.25) is 0 Å². The number of carbonyl (C=O) groups excluding carboxylic acids is 5. The van der Waals surface area contributed by atoms with Gasteiger partial charge in [-0.2, -0.15) is 0 Å². The molecule has 0 spiro atoms. The number of aliphatic imine (C=N–C) groups is 1. The lowest BCUT2D eigenvalue weighted by Crippen LogP contribution is -2.59. The molecule has 0 aliphatic rings. The average molecular weight is 719 g/mol. The molecule has 15 nitrogen and oxygen atoms in total. The van der Waals surface area contributed by atoms with Crippen LogP contribution in [0.3, 0.4) is 0 Å². The number of carbonyl (C=O) groups is 5. The quantitative estimate of drug-likeness (QED) is 0.0354. The molecular formula is C36H47FN10O5. The fourth-order valence-corrected chi connectivity index (χ4v) is 5.16. The van der Waals surface area contributed by atoms with Crippen molar-refractivity contribution in [2.75, 3.05) is 6.54 Å². The number of benzene rings is 2. The molecule has 1 heterocycles. The highest BCUT2D eigenvalue weighted by Gasteiger charge is 2.32. The SMILES string of the molecule is CC(C)C[C@H](NC(=O)[C@H](Cc1cnc[nH]1)NC(=O)[C@H](Cc1ccc(F)cc1)NC(=O)/C=C/c1ccccc1)C(=O)N[C@@H](CCCN=C(N)N)C(N)=O. The molecule has 11 N–H and O–H groups in total. The monoisotopic (exact) mass is 718 g/mol. The van der Waals surface area contributed by atoms with E-state index in [0.717, 1.165) is 5.56 Å². The van der Waals surface area contributed by atoms with E-state index < -0.39 is 59.5 Å². The third kappa shape index (κ3) is 14.4. The molecule has 0 saturated heterocycles. The van der Waals surface area contributed by atoms with Crippen molar-refractivity contribution in [3.63, 3.8) is 0 Å². The number of hydrogen-bond acceptors (Lipinski definition) is 7. The molecule has 16 heteroatoms. The highest BCUT2D eigenvalue weighted by Crippen LogP contribution is 2.11. The zero-order valence-electron chi connectivity index (χ0n) is 29.2.